The first-order chi connectivity index (χ1) is 10.3. The van der Waals surface area contributed by atoms with E-state index in [-0.39, 0.29) is 0 Å². The Balaban J connectivity index is 1.51. The minimum Gasteiger partial charge on any atom is -0.0622 e. The van der Waals surface area contributed by atoms with E-state index >= 15 is 0 Å². The topological polar surface area (TPSA) is 0 Å². The first-order valence-electron chi connectivity index (χ1n) is 10.3. The van der Waals surface area contributed by atoms with E-state index < -0.39 is 0 Å². The standard InChI is InChI=1S/C21H36/c1-14-13-17-11-12-19(15(2)16-7-4-3-5-8-16)20-10-6-9-18(14)21(17)20/h14-21H,3-13H2,1-2H3. The van der Waals surface area contributed by atoms with Gasteiger partial charge in [0.15, 0.2) is 0 Å². The van der Waals surface area contributed by atoms with Crippen molar-refractivity contribution in [3.63, 3.8) is 0 Å². The molecule has 0 aromatic rings. The first-order valence-corrected chi connectivity index (χ1v) is 10.3. The molecule has 0 radical (unpaired) electrons. The van der Waals surface area contributed by atoms with Crippen LogP contribution in [-0.4, -0.2) is 0 Å². The molecule has 0 aromatic heterocycles. The Bertz CT molecular complexity index is 353. The zero-order valence-electron chi connectivity index (χ0n) is 14.4. The van der Waals surface area contributed by atoms with Crippen LogP contribution >= 0.6 is 0 Å². The minimum absolute atomic E-state index is 1.03. The van der Waals surface area contributed by atoms with Gasteiger partial charge in [-0.1, -0.05) is 52.4 Å². The van der Waals surface area contributed by atoms with Crippen LogP contribution in [0.4, 0.5) is 0 Å². The molecule has 21 heavy (non-hydrogen) atoms. The number of rotatable bonds is 2. The van der Waals surface area contributed by atoms with Crippen molar-refractivity contribution in [2.75, 3.05) is 0 Å². The molecule has 7 unspecified atom stereocenters. The second kappa shape index (κ2) is 5.89. The quantitative estimate of drug-likeness (QED) is 0.559. The Hall–Kier alpha value is 0. The smallest absolute Gasteiger partial charge is 0.0324 e. The fraction of sp³-hybridized carbons (Fsp3) is 1.00. The summed E-state index contributed by atoms with van der Waals surface area (Å²) in [6.07, 6.45) is 17.1. The third-order valence-electron chi connectivity index (χ3n) is 8.50. The van der Waals surface area contributed by atoms with Crippen LogP contribution in [0.15, 0.2) is 0 Å². The van der Waals surface area contributed by atoms with E-state index in [4.69, 9.17) is 0 Å². The zero-order chi connectivity index (χ0) is 14.4. The van der Waals surface area contributed by atoms with Gasteiger partial charge in [0, 0.05) is 0 Å². The first kappa shape index (κ1) is 14.6. The summed E-state index contributed by atoms with van der Waals surface area (Å²) in [5.41, 5.74) is 0. The van der Waals surface area contributed by atoms with Crippen LogP contribution in [0.25, 0.3) is 0 Å². The van der Waals surface area contributed by atoms with E-state index in [1.165, 1.54) is 19.3 Å². The van der Waals surface area contributed by atoms with Gasteiger partial charge in [0.1, 0.15) is 0 Å². The van der Waals surface area contributed by atoms with Crippen molar-refractivity contribution < 1.29 is 0 Å². The highest BCUT2D eigenvalue weighted by molar-refractivity contribution is 5.01. The van der Waals surface area contributed by atoms with Crippen molar-refractivity contribution in [3.8, 4) is 0 Å². The summed E-state index contributed by atoms with van der Waals surface area (Å²) >= 11 is 0. The molecule has 0 heterocycles. The van der Waals surface area contributed by atoms with Crippen LogP contribution in [0.5, 0.6) is 0 Å². The largest absolute Gasteiger partial charge is 0.0622 e. The summed E-state index contributed by atoms with van der Waals surface area (Å²) in [7, 11) is 0. The molecule has 0 N–H and O–H groups in total. The van der Waals surface area contributed by atoms with Crippen molar-refractivity contribution in [2.24, 2.45) is 47.3 Å². The van der Waals surface area contributed by atoms with Crippen molar-refractivity contribution in [2.45, 2.75) is 84.5 Å². The second-order valence-electron chi connectivity index (χ2n) is 9.31. The van der Waals surface area contributed by atoms with Gasteiger partial charge in [0.05, 0.1) is 0 Å². The minimum atomic E-state index is 1.03. The highest BCUT2D eigenvalue weighted by Crippen LogP contribution is 2.60. The van der Waals surface area contributed by atoms with Crippen molar-refractivity contribution in [3.05, 3.63) is 0 Å². The van der Waals surface area contributed by atoms with Crippen LogP contribution in [-0.2, 0) is 0 Å². The van der Waals surface area contributed by atoms with Crippen LogP contribution in [0, 0.1) is 47.3 Å². The summed E-state index contributed by atoms with van der Waals surface area (Å²) in [5.74, 6) is 8.79. The summed E-state index contributed by atoms with van der Waals surface area (Å²) in [5, 5.41) is 0. The highest BCUT2D eigenvalue weighted by atomic mass is 14.6. The molecule has 0 heteroatoms. The Morgan fingerprint density at radius 1 is 0.762 bits per heavy atom. The molecule has 0 saturated heterocycles. The van der Waals surface area contributed by atoms with Crippen molar-refractivity contribution in [1.82, 2.24) is 0 Å². The second-order valence-corrected chi connectivity index (χ2v) is 9.31. The summed E-state index contributed by atoms with van der Waals surface area (Å²) in [6.45, 7) is 5.23. The van der Waals surface area contributed by atoms with Crippen LogP contribution in [0.3, 0.4) is 0 Å². The molecule has 0 nitrogen and oxygen atoms in total. The summed E-state index contributed by atoms with van der Waals surface area (Å²) in [4.78, 5) is 0. The zero-order valence-corrected chi connectivity index (χ0v) is 14.4. The SMILES string of the molecule is CC1CC2CCC(C(C)C3CCCCC3)C3CCCC1C23. The van der Waals surface area contributed by atoms with Crippen LogP contribution in [0.2, 0.25) is 0 Å². The van der Waals surface area contributed by atoms with Gasteiger partial charge < -0.3 is 0 Å². The Labute approximate surface area is 132 Å². The lowest BCUT2D eigenvalue weighted by Gasteiger charge is -2.49. The molecule has 0 aliphatic heterocycles. The molecule has 4 aliphatic rings. The lowest BCUT2D eigenvalue weighted by molar-refractivity contribution is -0.00306. The van der Waals surface area contributed by atoms with E-state index in [1.54, 1.807) is 51.4 Å². The van der Waals surface area contributed by atoms with Crippen molar-refractivity contribution in [1.29, 1.82) is 0 Å². The van der Waals surface area contributed by atoms with Gasteiger partial charge in [-0.05, 0) is 79.4 Å². The van der Waals surface area contributed by atoms with Gasteiger partial charge in [-0.15, -0.1) is 0 Å². The molecule has 120 valence electrons. The molecule has 0 amide bonds. The van der Waals surface area contributed by atoms with E-state index in [9.17, 15) is 0 Å². The van der Waals surface area contributed by atoms with E-state index in [0.717, 1.165) is 47.3 Å². The van der Waals surface area contributed by atoms with Gasteiger partial charge >= 0.3 is 0 Å². The normalized spacial score (nSPS) is 48.9. The molecule has 0 spiro atoms. The predicted octanol–water partition coefficient (Wildman–Crippen LogP) is 6.30. The van der Waals surface area contributed by atoms with Gasteiger partial charge in [-0.3, -0.25) is 0 Å². The molecule has 0 aromatic carbocycles. The molecule has 4 aliphatic carbocycles. The van der Waals surface area contributed by atoms with Gasteiger partial charge in [0.25, 0.3) is 0 Å². The average molecular weight is 289 g/mol. The van der Waals surface area contributed by atoms with Gasteiger partial charge in [0.2, 0.25) is 0 Å². The van der Waals surface area contributed by atoms with E-state index in [1.807, 2.05) is 0 Å². The Morgan fingerprint density at radius 2 is 1.52 bits per heavy atom. The molecule has 7 atom stereocenters. The van der Waals surface area contributed by atoms with Crippen LogP contribution in [0.1, 0.15) is 84.5 Å². The average Bonchev–Trinajstić information content (AvgIpc) is 2.86. The van der Waals surface area contributed by atoms with E-state index in [0.29, 0.717) is 0 Å². The van der Waals surface area contributed by atoms with Gasteiger partial charge in [-0.2, -0.15) is 0 Å². The van der Waals surface area contributed by atoms with E-state index in [2.05, 4.69) is 13.8 Å². The molecular weight excluding hydrogens is 252 g/mol. The predicted molar refractivity (Wildman–Crippen MR) is 90.1 cm³/mol. The number of hydrogen-bond acceptors (Lipinski definition) is 0. The van der Waals surface area contributed by atoms with Crippen LogP contribution < -0.4 is 0 Å². The van der Waals surface area contributed by atoms with Gasteiger partial charge in [-0.25, -0.2) is 0 Å². The maximum atomic E-state index is 2.66. The molecule has 0 bridgehead atoms. The summed E-state index contributed by atoms with van der Waals surface area (Å²) < 4.78 is 0. The highest BCUT2D eigenvalue weighted by Gasteiger charge is 2.52. The maximum absolute atomic E-state index is 2.66. The number of hydrogen-bond donors (Lipinski definition) is 0. The third kappa shape index (κ3) is 2.49. The van der Waals surface area contributed by atoms with Crippen molar-refractivity contribution >= 4 is 0 Å². The lowest BCUT2D eigenvalue weighted by atomic mass is 9.56. The molecule has 4 saturated carbocycles. The molecule has 4 fully saturated rings. The third-order valence-corrected chi connectivity index (χ3v) is 8.50. The lowest BCUT2D eigenvalue weighted by Crippen LogP contribution is -2.42. The summed E-state index contributed by atoms with van der Waals surface area (Å²) in [6, 6.07) is 0. The molecular formula is C21H36. The fourth-order valence-electron chi connectivity index (χ4n) is 7.56. The molecule has 4 rings (SSSR count). The Morgan fingerprint density at radius 3 is 2.33 bits per heavy atom. The fourth-order valence-corrected chi connectivity index (χ4v) is 7.56. The monoisotopic (exact) mass is 288 g/mol. The maximum Gasteiger partial charge on any atom is -0.0324 e. The Kier molecular flexibility index (Phi) is 4.09.